The number of benzene rings is 5. The molecule has 0 saturated carbocycles. The van der Waals surface area contributed by atoms with Gasteiger partial charge in [0.1, 0.15) is 0 Å². The van der Waals surface area contributed by atoms with E-state index in [2.05, 4.69) is 89.9 Å². The highest BCUT2D eigenvalue weighted by Crippen LogP contribution is 2.40. The van der Waals surface area contributed by atoms with E-state index in [1.54, 1.807) is 0 Å². The molecule has 6 aromatic carbocycles. The summed E-state index contributed by atoms with van der Waals surface area (Å²) in [6.45, 7) is 0. The first kappa shape index (κ1) is 13.6. The second kappa shape index (κ2) is 4.57. The van der Waals surface area contributed by atoms with Gasteiger partial charge >= 0.3 is 0 Å². The Balaban J connectivity index is 1.82. The molecule has 0 atom stereocenters. The van der Waals surface area contributed by atoms with E-state index in [0.717, 1.165) is 0 Å². The van der Waals surface area contributed by atoms with Gasteiger partial charge in [-0.15, -0.1) is 0 Å². The Bertz CT molecular complexity index is 1650. The topological polar surface area (TPSA) is 15.8 Å². The highest BCUT2D eigenvalue weighted by Gasteiger charge is 2.14. The predicted molar refractivity (Wildman–Crippen MR) is 117 cm³/mol. The average Bonchev–Trinajstić information content (AvgIpc) is 3.14. The summed E-state index contributed by atoms with van der Waals surface area (Å²) in [5.74, 6) is 0. The van der Waals surface area contributed by atoms with Crippen LogP contribution in [0.15, 0.2) is 84.9 Å². The van der Waals surface area contributed by atoms with Gasteiger partial charge in [-0.3, -0.25) is 0 Å². The van der Waals surface area contributed by atoms with Crippen LogP contribution in [0.4, 0.5) is 0 Å². The Hall–Kier alpha value is -3.58. The summed E-state index contributed by atoms with van der Waals surface area (Å²) < 4.78 is 0. The SMILES string of the molecule is c1ccc2cc3c(ccc4[nH]c5ccc6ccc7ccc(c43)c5c67)cc2c1. The number of pyridine rings is 1. The van der Waals surface area contributed by atoms with Crippen LogP contribution in [-0.4, -0.2) is 4.98 Å². The third-order valence-corrected chi connectivity index (χ3v) is 6.09. The Morgan fingerprint density at radius 1 is 0.407 bits per heavy atom. The summed E-state index contributed by atoms with van der Waals surface area (Å²) in [4.78, 5) is 3.70. The summed E-state index contributed by atoms with van der Waals surface area (Å²) in [6, 6.07) is 31.2. The number of hydrogen-bond acceptors (Lipinski definition) is 0. The first-order valence-electron chi connectivity index (χ1n) is 9.37. The Kier molecular flexibility index (Phi) is 2.30. The number of H-pyrrole nitrogens is 1. The van der Waals surface area contributed by atoms with Gasteiger partial charge in [-0.25, -0.2) is 0 Å². The molecule has 7 rings (SSSR count). The predicted octanol–water partition coefficient (Wildman–Crippen LogP) is 7.37. The van der Waals surface area contributed by atoms with Crippen molar-refractivity contribution < 1.29 is 0 Å². The maximum Gasteiger partial charge on any atom is 0.0471 e. The molecule has 0 radical (unpaired) electrons. The normalized spacial score (nSPS) is 12.4. The number of rotatable bonds is 0. The molecule has 0 fully saturated rings. The van der Waals surface area contributed by atoms with E-state index in [1.807, 2.05) is 0 Å². The molecular formula is C26H15N. The van der Waals surface area contributed by atoms with Crippen LogP contribution >= 0.6 is 0 Å². The van der Waals surface area contributed by atoms with Gasteiger partial charge in [0.05, 0.1) is 0 Å². The lowest BCUT2D eigenvalue weighted by Crippen LogP contribution is -1.88. The van der Waals surface area contributed by atoms with E-state index in [9.17, 15) is 0 Å². The minimum Gasteiger partial charge on any atom is -0.354 e. The van der Waals surface area contributed by atoms with Gasteiger partial charge in [-0.2, -0.15) is 0 Å². The molecule has 1 heterocycles. The van der Waals surface area contributed by atoms with Gasteiger partial charge in [0, 0.05) is 21.8 Å². The smallest absolute Gasteiger partial charge is 0.0471 e. The number of hydrogen-bond donors (Lipinski definition) is 1. The third kappa shape index (κ3) is 1.64. The van der Waals surface area contributed by atoms with Crippen molar-refractivity contribution in [2.45, 2.75) is 0 Å². The Labute approximate surface area is 155 Å². The van der Waals surface area contributed by atoms with Crippen LogP contribution in [-0.2, 0) is 0 Å². The zero-order valence-corrected chi connectivity index (χ0v) is 14.6. The van der Waals surface area contributed by atoms with Crippen molar-refractivity contribution >= 4 is 64.9 Å². The lowest BCUT2D eigenvalue weighted by Gasteiger charge is -2.13. The number of nitrogens with one attached hydrogen (secondary N) is 1. The fourth-order valence-corrected chi connectivity index (χ4v) is 4.87. The van der Waals surface area contributed by atoms with Crippen molar-refractivity contribution in [2.24, 2.45) is 0 Å². The monoisotopic (exact) mass is 341 g/mol. The van der Waals surface area contributed by atoms with Gasteiger partial charge < -0.3 is 4.98 Å². The van der Waals surface area contributed by atoms with Crippen LogP contribution in [0.2, 0.25) is 0 Å². The quantitative estimate of drug-likeness (QED) is 0.219. The van der Waals surface area contributed by atoms with E-state index < -0.39 is 0 Å². The summed E-state index contributed by atoms with van der Waals surface area (Å²) in [5, 5.41) is 13.2. The molecule has 0 spiro atoms. The Morgan fingerprint density at radius 2 is 1.04 bits per heavy atom. The van der Waals surface area contributed by atoms with Gasteiger partial charge in [0.15, 0.2) is 0 Å². The summed E-state index contributed by atoms with van der Waals surface area (Å²) in [5.41, 5.74) is 2.40. The minimum absolute atomic E-state index is 1.19. The molecule has 1 heteroatoms. The van der Waals surface area contributed by atoms with Gasteiger partial charge in [0.25, 0.3) is 0 Å². The molecule has 1 nitrogen and oxygen atoms in total. The largest absolute Gasteiger partial charge is 0.354 e. The molecule has 1 N–H and O–H groups in total. The summed E-state index contributed by atoms with van der Waals surface area (Å²) in [6.07, 6.45) is 0. The summed E-state index contributed by atoms with van der Waals surface area (Å²) in [7, 11) is 0. The second-order valence-corrected chi connectivity index (χ2v) is 7.52. The molecule has 0 aliphatic carbocycles. The Morgan fingerprint density at radius 3 is 1.85 bits per heavy atom. The molecule has 0 aliphatic heterocycles. The maximum absolute atomic E-state index is 3.70. The van der Waals surface area contributed by atoms with Crippen molar-refractivity contribution in [3.63, 3.8) is 0 Å². The standard InChI is InChI=1S/C26H15N/c1-2-4-18-14-21-19(13-17(18)3-1)9-12-22-25(21)20-10-7-15-5-6-16-8-11-23(27-22)26(20)24(15)16/h1-14,27H. The van der Waals surface area contributed by atoms with Crippen molar-refractivity contribution in [1.82, 2.24) is 4.98 Å². The molecule has 7 aromatic rings. The third-order valence-electron chi connectivity index (χ3n) is 6.09. The molecule has 1 aromatic heterocycles. The zero-order valence-electron chi connectivity index (χ0n) is 14.6. The molecule has 0 aliphatic rings. The van der Waals surface area contributed by atoms with Crippen molar-refractivity contribution in [3.05, 3.63) is 84.9 Å². The summed E-state index contributed by atoms with van der Waals surface area (Å²) >= 11 is 0. The number of aromatic amines is 1. The maximum atomic E-state index is 3.70. The lowest BCUT2D eigenvalue weighted by molar-refractivity contribution is 1.52. The van der Waals surface area contributed by atoms with Crippen LogP contribution in [0.5, 0.6) is 0 Å². The van der Waals surface area contributed by atoms with Gasteiger partial charge in [0.2, 0.25) is 0 Å². The second-order valence-electron chi connectivity index (χ2n) is 7.52. The fraction of sp³-hybridized carbons (Fsp3) is 0. The van der Waals surface area contributed by atoms with E-state index in [1.165, 1.54) is 64.9 Å². The van der Waals surface area contributed by atoms with Gasteiger partial charge in [-0.1, -0.05) is 60.7 Å². The van der Waals surface area contributed by atoms with E-state index in [4.69, 9.17) is 0 Å². The molecule has 124 valence electrons. The average molecular weight is 341 g/mol. The molecular weight excluding hydrogens is 326 g/mol. The van der Waals surface area contributed by atoms with E-state index in [-0.39, 0.29) is 0 Å². The first-order valence-corrected chi connectivity index (χ1v) is 9.37. The van der Waals surface area contributed by atoms with E-state index >= 15 is 0 Å². The van der Waals surface area contributed by atoms with Crippen molar-refractivity contribution in [2.75, 3.05) is 0 Å². The van der Waals surface area contributed by atoms with Crippen molar-refractivity contribution in [3.8, 4) is 0 Å². The zero-order chi connectivity index (χ0) is 17.5. The number of fused-ring (bicyclic) bond motifs is 5. The first-order chi connectivity index (χ1) is 13.4. The van der Waals surface area contributed by atoms with Crippen LogP contribution in [0.3, 0.4) is 0 Å². The molecule has 0 saturated heterocycles. The van der Waals surface area contributed by atoms with E-state index in [0.29, 0.717) is 0 Å². The van der Waals surface area contributed by atoms with Gasteiger partial charge in [-0.05, 0) is 67.4 Å². The molecule has 0 bridgehead atoms. The minimum atomic E-state index is 1.19. The van der Waals surface area contributed by atoms with Crippen LogP contribution in [0.25, 0.3) is 64.9 Å². The highest BCUT2D eigenvalue weighted by molar-refractivity contribution is 6.31. The van der Waals surface area contributed by atoms with Crippen LogP contribution in [0.1, 0.15) is 0 Å². The molecule has 0 unspecified atom stereocenters. The van der Waals surface area contributed by atoms with Crippen LogP contribution < -0.4 is 0 Å². The lowest BCUT2D eigenvalue weighted by atomic mass is 9.94. The number of aromatic nitrogens is 1. The van der Waals surface area contributed by atoms with Crippen molar-refractivity contribution in [1.29, 1.82) is 0 Å². The van der Waals surface area contributed by atoms with Crippen LogP contribution in [0, 0.1) is 0 Å². The fourth-order valence-electron chi connectivity index (χ4n) is 4.87. The molecule has 27 heavy (non-hydrogen) atoms. The molecule has 0 amide bonds. The highest BCUT2D eigenvalue weighted by atomic mass is 14.7.